The molecule has 1 aromatic rings. The van der Waals surface area contributed by atoms with E-state index in [1.807, 2.05) is 6.92 Å². The third-order valence-electron chi connectivity index (χ3n) is 3.76. The lowest BCUT2D eigenvalue weighted by Crippen LogP contribution is -2.38. The first kappa shape index (κ1) is 15.3. The Morgan fingerprint density at radius 2 is 1.95 bits per heavy atom. The molecule has 5 heteroatoms. The fourth-order valence-electron chi connectivity index (χ4n) is 2.74. The van der Waals surface area contributed by atoms with Crippen molar-refractivity contribution >= 4 is 10.0 Å². The molecule has 1 aliphatic rings. The van der Waals surface area contributed by atoms with E-state index in [2.05, 4.69) is 13.8 Å². The largest absolute Gasteiger partial charge is 0.494 e. The van der Waals surface area contributed by atoms with Gasteiger partial charge in [-0.25, -0.2) is 8.42 Å². The van der Waals surface area contributed by atoms with Gasteiger partial charge in [0.15, 0.2) is 0 Å². The van der Waals surface area contributed by atoms with Crippen LogP contribution < -0.4 is 4.74 Å². The number of nitrogens with zero attached hydrogens (tertiary/aromatic N) is 1. The van der Waals surface area contributed by atoms with Gasteiger partial charge in [0.2, 0.25) is 10.0 Å². The lowest BCUT2D eigenvalue weighted by molar-refractivity contribution is 0.315. The maximum absolute atomic E-state index is 12.7. The molecule has 1 fully saturated rings. The van der Waals surface area contributed by atoms with Crippen LogP contribution in [0.2, 0.25) is 0 Å². The second kappa shape index (κ2) is 6.14. The normalized spacial score (nSPS) is 20.5. The Kier molecular flexibility index (Phi) is 4.70. The highest BCUT2D eigenvalue weighted by atomic mass is 32.2. The first-order valence-corrected chi connectivity index (χ1v) is 8.65. The zero-order chi connectivity index (χ0) is 14.8. The predicted octanol–water partition coefficient (Wildman–Crippen LogP) is 2.89. The predicted molar refractivity (Wildman–Crippen MR) is 79.4 cm³/mol. The van der Waals surface area contributed by atoms with Gasteiger partial charge in [-0.15, -0.1) is 0 Å². The summed E-state index contributed by atoms with van der Waals surface area (Å²) >= 11 is 0. The molecule has 112 valence electrons. The van der Waals surface area contributed by atoms with Crippen molar-refractivity contribution < 1.29 is 13.2 Å². The minimum atomic E-state index is -3.39. The number of hydrogen-bond donors (Lipinski definition) is 0. The lowest BCUT2D eigenvalue weighted by Gasteiger charge is -2.26. The van der Waals surface area contributed by atoms with Crippen molar-refractivity contribution in [1.29, 1.82) is 0 Å². The Bertz CT molecular complexity index is 537. The Balaban J connectivity index is 2.25. The fraction of sp³-hybridized carbons (Fsp3) is 0.600. The second-order valence-corrected chi connectivity index (χ2v) is 7.36. The van der Waals surface area contributed by atoms with E-state index in [-0.39, 0.29) is 6.04 Å². The van der Waals surface area contributed by atoms with Crippen molar-refractivity contribution in [3.05, 3.63) is 24.3 Å². The quantitative estimate of drug-likeness (QED) is 0.839. The third kappa shape index (κ3) is 2.99. The van der Waals surface area contributed by atoms with E-state index in [4.69, 9.17) is 4.74 Å². The van der Waals surface area contributed by atoms with Crippen molar-refractivity contribution in [2.24, 2.45) is 5.92 Å². The van der Waals surface area contributed by atoms with Crippen LogP contribution in [0.15, 0.2) is 29.2 Å². The number of benzene rings is 1. The van der Waals surface area contributed by atoms with Crippen LogP contribution in [-0.2, 0) is 10.0 Å². The standard InChI is InChI=1S/C15H23NO3S/c1-4-19-13-7-9-14(10-8-13)20(17,18)16-11-5-6-15(16)12(2)3/h7-10,12,15H,4-6,11H2,1-3H3. The molecular formula is C15H23NO3S. The van der Waals surface area contributed by atoms with Crippen LogP contribution in [0.1, 0.15) is 33.6 Å². The van der Waals surface area contributed by atoms with Gasteiger partial charge in [-0.3, -0.25) is 0 Å². The van der Waals surface area contributed by atoms with E-state index in [0.717, 1.165) is 12.8 Å². The zero-order valence-electron chi connectivity index (χ0n) is 12.4. The molecule has 1 unspecified atom stereocenters. The molecule has 0 spiro atoms. The number of ether oxygens (including phenoxy) is 1. The van der Waals surface area contributed by atoms with Crippen LogP contribution in [0, 0.1) is 5.92 Å². The molecule has 1 aliphatic heterocycles. The summed E-state index contributed by atoms with van der Waals surface area (Å²) in [5, 5.41) is 0. The molecule has 0 N–H and O–H groups in total. The average molecular weight is 297 g/mol. The Morgan fingerprint density at radius 3 is 2.50 bits per heavy atom. The van der Waals surface area contributed by atoms with Gasteiger partial charge in [-0.2, -0.15) is 4.31 Å². The molecule has 1 heterocycles. The topological polar surface area (TPSA) is 46.6 Å². The molecule has 0 radical (unpaired) electrons. The minimum absolute atomic E-state index is 0.117. The molecule has 4 nitrogen and oxygen atoms in total. The van der Waals surface area contributed by atoms with E-state index in [1.165, 1.54) is 0 Å². The number of hydrogen-bond acceptors (Lipinski definition) is 3. The van der Waals surface area contributed by atoms with E-state index in [0.29, 0.717) is 29.7 Å². The van der Waals surface area contributed by atoms with Crippen LogP contribution in [0.4, 0.5) is 0 Å². The highest BCUT2D eigenvalue weighted by Crippen LogP contribution is 2.30. The maximum atomic E-state index is 12.7. The van der Waals surface area contributed by atoms with Gasteiger partial charge in [-0.1, -0.05) is 13.8 Å². The lowest BCUT2D eigenvalue weighted by atomic mass is 10.0. The highest BCUT2D eigenvalue weighted by Gasteiger charge is 2.36. The van der Waals surface area contributed by atoms with Gasteiger partial charge in [0, 0.05) is 12.6 Å². The van der Waals surface area contributed by atoms with Crippen LogP contribution in [-0.4, -0.2) is 31.9 Å². The summed E-state index contributed by atoms with van der Waals surface area (Å²) in [6, 6.07) is 6.83. The summed E-state index contributed by atoms with van der Waals surface area (Å²) in [7, 11) is -3.39. The summed E-state index contributed by atoms with van der Waals surface area (Å²) in [6.45, 7) is 7.27. The summed E-state index contributed by atoms with van der Waals surface area (Å²) in [5.74, 6) is 1.04. The molecule has 1 atom stereocenters. The van der Waals surface area contributed by atoms with Crippen molar-refractivity contribution in [1.82, 2.24) is 4.31 Å². The molecule has 1 aromatic carbocycles. The number of rotatable bonds is 5. The van der Waals surface area contributed by atoms with Crippen molar-refractivity contribution in [2.75, 3.05) is 13.2 Å². The highest BCUT2D eigenvalue weighted by molar-refractivity contribution is 7.89. The van der Waals surface area contributed by atoms with E-state index < -0.39 is 10.0 Å². The second-order valence-electron chi connectivity index (χ2n) is 5.47. The molecule has 2 rings (SSSR count). The first-order valence-electron chi connectivity index (χ1n) is 7.21. The minimum Gasteiger partial charge on any atom is -0.494 e. The molecule has 20 heavy (non-hydrogen) atoms. The Hall–Kier alpha value is -1.07. The zero-order valence-corrected chi connectivity index (χ0v) is 13.2. The van der Waals surface area contributed by atoms with E-state index in [1.54, 1.807) is 28.6 Å². The maximum Gasteiger partial charge on any atom is 0.243 e. The van der Waals surface area contributed by atoms with Gasteiger partial charge in [0.25, 0.3) is 0 Å². The molecular weight excluding hydrogens is 274 g/mol. The summed E-state index contributed by atoms with van der Waals surface area (Å²) in [5.41, 5.74) is 0. The van der Waals surface area contributed by atoms with Gasteiger partial charge < -0.3 is 4.74 Å². The molecule has 0 saturated carbocycles. The Labute approximate surface area is 121 Å². The Morgan fingerprint density at radius 1 is 1.30 bits per heavy atom. The van der Waals surface area contributed by atoms with E-state index >= 15 is 0 Å². The molecule has 0 aliphatic carbocycles. The van der Waals surface area contributed by atoms with Crippen LogP contribution in [0.3, 0.4) is 0 Å². The van der Waals surface area contributed by atoms with Gasteiger partial charge in [-0.05, 0) is 49.9 Å². The van der Waals surface area contributed by atoms with Crippen LogP contribution in [0.5, 0.6) is 5.75 Å². The monoisotopic (exact) mass is 297 g/mol. The molecule has 0 aromatic heterocycles. The van der Waals surface area contributed by atoms with Crippen LogP contribution >= 0.6 is 0 Å². The molecule has 1 saturated heterocycles. The summed E-state index contributed by atoms with van der Waals surface area (Å²) in [4.78, 5) is 0.355. The summed E-state index contributed by atoms with van der Waals surface area (Å²) < 4.78 is 32.4. The van der Waals surface area contributed by atoms with E-state index in [9.17, 15) is 8.42 Å². The third-order valence-corrected chi connectivity index (χ3v) is 5.70. The molecule has 0 amide bonds. The van der Waals surface area contributed by atoms with Gasteiger partial charge in [0.05, 0.1) is 11.5 Å². The molecule has 0 bridgehead atoms. The summed E-state index contributed by atoms with van der Waals surface area (Å²) in [6.07, 6.45) is 1.90. The number of sulfonamides is 1. The van der Waals surface area contributed by atoms with Gasteiger partial charge in [0.1, 0.15) is 5.75 Å². The SMILES string of the molecule is CCOc1ccc(S(=O)(=O)N2CCCC2C(C)C)cc1. The van der Waals surface area contributed by atoms with Gasteiger partial charge >= 0.3 is 0 Å². The average Bonchev–Trinajstić information content (AvgIpc) is 2.90. The smallest absolute Gasteiger partial charge is 0.243 e. The fourth-order valence-corrected chi connectivity index (χ4v) is 4.57. The first-order chi connectivity index (χ1) is 9.46. The van der Waals surface area contributed by atoms with Crippen LogP contribution in [0.25, 0.3) is 0 Å². The van der Waals surface area contributed by atoms with Crippen molar-refractivity contribution in [3.8, 4) is 5.75 Å². The van der Waals surface area contributed by atoms with Crippen molar-refractivity contribution in [3.63, 3.8) is 0 Å². The van der Waals surface area contributed by atoms with Crippen molar-refractivity contribution in [2.45, 2.75) is 44.6 Å².